The first kappa shape index (κ1) is 88.7. The Kier molecular flexibility index (Phi) is 74.8. The SMILES string of the molecule is CC/C=C\C/C=C\C/C=C\C/C=C\CCCCCCCCCCCCCCCCCCCCCCCCCCCCC(=O)OC(COC(=O)CCCCCCCCCCCCCCCCCCCCC/C=C\CCCCCCCCCC)COP(=O)(O)OCCN. The Hall–Kier alpha value is -2.29. The predicted molar refractivity (Wildman–Crippen MR) is 395 cm³/mol. The first-order valence-corrected chi connectivity index (χ1v) is 41.3. The molecule has 0 heterocycles. The molecule has 9 nitrogen and oxygen atoms in total. The lowest BCUT2D eigenvalue weighted by atomic mass is 10.0. The van der Waals surface area contributed by atoms with Crippen molar-refractivity contribution in [2.75, 3.05) is 26.4 Å². The second-order valence-corrected chi connectivity index (χ2v) is 28.4. The molecule has 3 N–H and O–H groups in total. The number of rotatable bonds is 76. The third kappa shape index (κ3) is 76.6. The van der Waals surface area contributed by atoms with Gasteiger partial charge in [-0.25, -0.2) is 4.57 Å². The van der Waals surface area contributed by atoms with Gasteiger partial charge in [0.1, 0.15) is 6.61 Å². The number of esters is 2. The molecule has 0 fully saturated rings. The van der Waals surface area contributed by atoms with E-state index < -0.39 is 26.5 Å². The van der Waals surface area contributed by atoms with E-state index in [1.54, 1.807) is 0 Å². The van der Waals surface area contributed by atoms with Crippen LogP contribution in [0.2, 0.25) is 0 Å². The number of phosphoric ester groups is 1. The van der Waals surface area contributed by atoms with Gasteiger partial charge >= 0.3 is 19.8 Å². The number of carbonyl (C=O) groups is 2. The molecule has 534 valence electrons. The average molecular weight is 1300 g/mol. The van der Waals surface area contributed by atoms with E-state index >= 15 is 0 Å². The van der Waals surface area contributed by atoms with Crippen molar-refractivity contribution in [3.63, 3.8) is 0 Å². The molecule has 0 spiro atoms. The van der Waals surface area contributed by atoms with Crippen LogP contribution < -0.4 is 5.73 Å². The maximum Gasteiger partial charge on any atom is 0.472 e. The number of hydrogen-bond donors (Lipinski definition) is 2. The van der Waals surface area contributed by atoms with Gasteiger partial charge in [-0.05, 0) is 77.0 Å². The maximum absolute atomic E-state index is 12.8. The van der Waals surface area contributed by atoms with Crippen LogP contribution in [0.4, 0.5) is 0 Å². The fourth-order valence-corrected chi connectivity index (χ4v) is 12.8. The molecule has 0 saturated carbocycles. The van der Waals surface area contributed by atoms with Crippen molar-refractivity contribution in [1.29, 1.82) is 0 Å². The van der Waals surface area contributed by atoms with Crippen molar-refractivity contribution in [3.8, 4) is 0 Å². The van der Waals surface area contributed by atoms with Crippen LogP contribution >= 0.6 is 7.82 Å². The highest BCUT2D eigenvalue weighted by Crippen LogP contribution is 2.43. The van der Waals surface area contributed by atoms with Crippen LogP contribution in [0.15, 0.2) is 60.8 Å². The number of phosphoric acid groups is 1. The largest absolute Gasteiger partial charge is 0.472 e. The fraction of sp³-hybridized carbons (Fsp3) is 0.852. The smallest absolute Gasteiger partial charge is 0.462 e. The molecule has 91 heavy (non-hydrogen) atoms. The van der Waals surface area contributed by atoms with Gasteiger partial charge in [0.15, 0.2) is 6.10 Å². The summed E-state index contributed by atoms with van der Waals surface area (Å²) in [5, 5.41) is 0. The first-order valence-electron chi connectivity index (χ1n) is 39.8. The number of ether oxygens (including phenoxy) is 2. The summed E-state index contributed by atoms with van der Waals surface area (Å²) in [5.74, 6) is -0.802. The summed E-state index contributed by atoms with van der Waals surface area (Å²) in [6, 6.07) is 0. The van der Waals surface area contributed by atoms with Crippen molar-refractivity contribution >= 4 is 19.8 Å². The quantitative estimate of drug-likeness (QED) is 0.0264. The molecule has 0 aromatic heterocycles. The standard InChI is InChI=1S/C81H152NO8P/c1-3-5-7-9-11-13-15-17-19-21-23-25-27-29-31-33-35-36-37-38-39-40-41-42-44-46-48-50-52-54-56-58-60-62-64-66-68-70-72-74-81(84)90-79(78-89-91(85,86)88-76-75-82)77-87-80(83)73-71-69-67-65-63-61-59-57-55-53-51-49-47-45-43-34-32-30-28-26-24-22-20-18-16-14-12-10-8-6-4-2/h5,7,11,13,17,19,22-25,79H,3-4,6,8-10,12,14-16,18,20-21,26-78,82H2,1-2H3,(H,85,86)/b7-5-,13-11-,19-17-,24-22-,25-23-. The third-order valence-corrected chi connectivity index (χ3v) is 18.9. The predicted octanol–water partition coefficient (Wildman–Crippen LogP) is 26.5. The van der Waals surface area contributed by atoms with Crippen molar-refractivity contribution in [2.24, 2.45) is 5.73 Å². The van der Waals surface area contributed by atoms with Gasteiger partial charge in [-0.1, -0.05) is 383 Å². The van der Waals surface area contributed by atoms with Gasteiger partial charge in [0, 0.05) is 19.4 Å². The van der Waals surface area contributed by atoms with E-state index in [4.69, 9.17) is 24.3 Å². The molecule has 0 aromatic rings. The Morgan fingerprint density at radius 1 is 0.341 bits per heavy atom. The number of hydrogen-bond acceptors (Lipinski definition) is 8. The lowest BCUT2D eigenvalue weighted by Gasteiger charge is -2.19. The fourth-order valence-electron chi connectivity index (χ4n) is 12.0. The molecule has 0 radical (unpaired) electrons. The summed E-state index contributed by atoms with van der Waals surface area (Å²) in [6.07, 6.45) is 101. The summed E-state index contributed by atoms with van der Waals surface area (Å²) < 4.78 is 33.3. The van der Waals surface area contributed by atoms with Crippen LogP contribution in [0.5, 0.6) is 0 Å². The van der Waals surface area contributed by atoms with Gasteiger partial charge < -0.3 is 20.1 Å². The highest BCUT2D eigenvalue weighted by atomic mass is 31.2. The summed E-state index contributed by atoms with van der Waals surface area (Å²) in [7, 11) is -4.39. The Labute approximate surface area is 565 Å². The van der Waals surface area contributed by atoms with Crippen LogP contribution in [-0.4, -0.2) is 49.3 Å². The topological polar surface area (TPSA) is 134 Å². The molecule has 10 heteroatoms. The molecular formula is C81H152NO8P. The first-order chi connectivity index (χ1) is 44.8. The zero-order valence-corrected chi connectivity index (χ0v) is 61.2. The van der Waals surface area contributed by atoms with Crippen LogP contribution in [-0.2, 0) is 32.7 Å². The van der Waals surface area contributed by atoms with Gasteiger partial charge in [0.05, 0.1) is 13.2 Å². The average Bonchev–Trinajstić information content (AvgIpc) is 3.71. The third-order valence-electron chi connectivity index (χ3n) is 17.9. The maximum atomic E-state index is 12.8. The van der Waals surface area contributed by atoms with Crippen molar-refractivity contribution < 1.29 is 37.6 Å². The summed E-state index contributed by atoms with van der Waals surface area (Å²) in [5.41, 5.74) is 5.42. The van der Waals surface area contributed by atoms with E-state index in [-0.39, 0.29) is 38.6 Å². The number of allylic oxidation sites excluding steroid dienone is 10. The van der Waals surface area contributed by atoms with Crippen LogP contribution in [0, 0.1) is 0 Å². The Morgan fingerprint density at radius 3 is 0.912 bits per heavy atom. The van der Waals surface area contributed by atoms with E-state index in [0.717, 1.165) is 57.8 Å². The molecule has 0 aliphatic rings. The molecule has 0 aliphatic carbocycles. The second-order valence-electron chi connectivity index (χ2n) is 26.9. The van der Waals surface area contributed by atoms with Gasteiger partial charge in [0.2, 0.25) is 0 Å². The molecule has 0 amide bonds. The van der Waals surface area contributed by atoms with Crippen LogP contribution in [0.1, 0.15) is 412 Å². The Bertz CT molecular complexity index is 1680. The minimum atomic E-state index is -4.39. The highest BCUT2D eigenvalue weighted by Gasteiger charge is 2.26. The molecule has 0 aromatic carbocycles. The molecule has 0 aliphatic heterocycles. The zero-order chi connectivity index (χ0) is 65.8. The molecule has 0 rings (SSSR count). The lowest BCUT2D eigenvalue weighted by molar-refractivity contribution is -0.161. The van der Waals surface area contributed by atoms with Gasteiger partial charge in [0.25, 0.3) is 0 Å². The summed E-state index contributed by atoms with van der Waals surface area (Å²) in [6.45, 7) is 3.71. The van der Waals surface area contributed by atoms with Gasteiger partial charge in [-0.3, -0.25) is 18.6 Å². The van der Waals surface area contributed by atoms with Gasteiger partial charge in [-0.2, -0.15) is 0 Å². The van der Waals surface area contributed by atoms with Crippen LogP contribution in [0.25, 0.3) is 0 Å². The summed E-state index contributed by atoms with van der Waals surface area (Å²) in [4.78, 5) is 35.5. The van der Waals surface area contributed by atoms with E-state index in [1.165, 1.54) is 321 Å². The Balaban J connectivity index is 3.75. The molecule has 0 saturated heterocycles. The number of nitrogens with two attached hydrogens (primary N) is 1. The van der Waals surface area contributed by atoms with E-state index in [0.29, 0.717) is 6.42 Å². The number of carbonyl (C=O) groups excluding carboxylic acids is 2. The van der Waals surface area contributed by atoms with Crippen molar-refractivity contribution in [1.82, 2.24) is 0 Å². The molecular weight excluding hydrogens is 1150 g/mol. The molecule has 2 atom stereocenters. The number of unbranched alkanes of at least 4 members (excludes halogenated alkanes) is 53. The summed E-state index contributed by atoms with van der Waals surface area (Å²) >= 11 is 0. The minimum absolute atomic E-state index is 0.0558. The molecule has 2 unspecified atom stereocenters. The Morgan fingerprint density at radius 2 is 0.604 bits per heavy atom. The van der Waals surface area contributed by atoms with E-state index in [2.05, 4.69) is 74.6 Å². The highest BCUT2D eigenvalue weighted by molar-refractivity contribution is 7.47. The minimum Gasteiger partial charge on any atom is -0.462 e. The van der Waals surface area contributed by atoms with Crippen LogP contribution in [0.3, 0.4) is 0 Å². The van der Waals surface area contributed by atoms with Crippen molar-refractivity contribution in [2.45, 2.75) is 418 Å². The second kappa shape index (κ2) is 76.7. The van der Waals surface area contributed by atoms with Gasteiger partial charge in [-0.15, -0.1) is 0 Å². The van der Waals surface area contributed by atoms with E-state index in [1.807, 2.05) is 0 Å². The lowest BCUT2D eigenvalue weighted by Crippen LogP contribution is -2.29. The monoisotopic (exact) mass is 1300 g/mol. The normalized spacial score (nSPS) is 13.1. The zero-order valence-electron chi connectivity index (χ0n) is 60.3. The van der Waals surface area contributed by atoms with E-state index in [9.17, 15) is 19.0 Å². The molecule has 0 bridgehead atoms. The van der Waals surface area contributed by atoms with Crippen molar-refractivity contribution in [3.05, 3.63) is 60.8 Å².